The van der Waals surface area contributed by atoms with Gasteiger partial charge in [0.15, 0.2) is 0 Å². The fourth-order valence-corrected chi connectivity index (χ4v) is 0.858. The van der Waals surface area contributed by atoms with Crippen molar-refractivity contribution in [3.05, 3.63) is 29.3 Å². The Morgan fingerprint density at radius 3 is 2.31 bits per heavy atom. The third kappa shape index (κ3) is 2.11. The summed E-state index contributed by atoms with van der Waals surface area (Å²) in [6.45, 7) is 0. The zero-order valence-electron chi connectivity index (χ0n) is 6.43. The summed E-state index contributed by atoms with van der Waals surface area (Å²) >= 11 is 0. The molecule has 0 bridgehead atoms. The lowest BCUT2D eigenvalue weighted by atomic mass is 9.89. The Morgan fingerprint density at radius 1 is 1.31 bits per heavy atom. The van der Waals surface area contributed by atoms with Crippen molar-refractivity contribution in [1.29, 1.82) is 0 Å². The van der Waals surface area contributed by atoms with Crippen molar-refractivity contribution in [3.8, 4) is 0 Å². The van der Waals surface area contributed by atoms with Crippen molar-refractivity contribution >= 4 is 19.6 Å². The molecule has 0 spiro atoms. The second-order valence-corrected chi connectivity index (χ2v) is 2.46. The summed E-state index contributed by atoms with van der Waals surface area (Å²) in [5, 5.41) is 0. The van der Waals surface area contributed by atoms with Gasteiger partial charge in [-0.25, -0.2) is 0 Å². The van der Waals surface area contributed by atoms with Crippen LogP contribution >= 0.6 is 0 Å². The summed E-state index contributed by atoms with van der Waals surface area (Å²) < 4.78 is 36.2. The van der Waals surface area contributed by atoms with Gasteiger partial charge in [-0.2, -0.15) is 13.2 Å². The van der Waals surface area contributed by atoms with E-state index in [0.717, 1.165) is 18.2 Å². The van der Waals surface area contributed by atoms with Crippen molar-refractivity contribution in [2.45, 2.75) is 6.18 Å². The van der Waals surface area contributed by atoms with Crippen molar-refractivity contribution in [2.75, 3.05) is 0 Å². The van der Waals surface area contributed by atoms with Gasteiger partial charge < -0.3 is 0 Å². The van der Waals surface area contributed by atoms with Gasteiger partial charge in [-0.15, -0.1) is 0 Å². The molecular weight excluding hydrogens is 180 g/mol. The SMILES string of the molecule is [B]c1cc(C(F)(F)F)ccc1C=O. The van der Waals surface area contributed by atoms with Gasteiger partial charge in [-0.05, 0) is 6.07 Å². The number of benzene rings is 1. The molecule has 0 aliphatic rings. The molecule has 0 amide bonds. The number of hydrogen-bond donors (Lipinski definition) is 0. The molecule has 5 heteroatoms. The van der Waals surface area contributed by atoms with Crippen molar-refractivity contribution < 1.29 is 18.0 Å². The van der Waals surface area contributed by atoms with E-state index in [1.807, 2.05) is 0 Å². The third-order valence-electron chi connectivity index (χ3n) is 1.54. The molecule has 0 heterocycles. The van der Waals surface area contributed by atoms with Gasteiger partial charge in [0.05, 0.1) is 5.56 Å². The molecule has 0 saturated heterocycles. The summed E-state index contributed by atoms with van der Waals surface area (Å²) in [6.07, 6.45) is -4.01. The van der Waals surface area contributed by atoms with Gasteiger partial charge >= 0.3 is 6.18 Å². The molecule has 1 nitrogen and oxygen atoms in total. The minimum atomic E-state index is -4.42. The molecule has 0 aliphatic carbocycles. The van der Waals surface area contributed by atoms with E-state index < -0.39 is 11.7 Å². The Bertz CT molecular complexity index is 333. The number of alkyl halides is 3. The highest BCUT2D eigenvalue weighted by Gasteiger charge is 2.30. The van der Waals surface area contributed by atoms with Gasteiger partial charge in [0.25, 0.3) is 0 Å². The average molecular weight is 184 g/mol. The Kier molecular flexibility index (Phi) is 2.45. The van der Waals surface area contributed by atoms with Crippen molar-refractivity contribution in [1.82, 2.24) is 0 Å². The van der Waals surface area contributed by atoms with E-state index in [4.69, 9.17) is 7.85 Å². The predicted molar refractivity (Wildman–Crippen MR) is 42.2 cm³/mol. The average Bonchev–Trinajstić information content (AvgIpc) is 2.02. The molecule has 0 unspecified atom stereocenters. The lowest BCUT2D eigenvalue weighted by molar-refractivity contribution is -0.137. The highest BCUT2D eigenvalue weighted by Crippen LogP contribution is 2.28. The zero-order valence-corrected chi connectivity index (χ0v) is 6.43. The molecular formula is C8H4BF3O. The van der Waals surface area contributed by atoms with Crippen LogP contribution in [0.15, 0.2) is 18.2 Å². The zero-order chi connectivity index (χ0) is 10.1. The maximum absolute atomic E-state index is 12.1. The molecule has 0 atom stereocenters. The van der Waals surface area contributed by atoms with Gasteiger partial charge in [0.1, 0.15) is 14.1 Å². The molecule has 0 N–H and O–H groups in total. The van der Waals surface area contributed by atoms with E-state index in [9.17, 15) is 18.0 Å². The topological polar surface area (TPSA) is 17.1 Å². The summed E-state index contributed by atoms with van der Waals surface area (Å²) in [5.74, 6) is 0. The van der Waals surface area contributed by atoms with Crippen LogP contribution in [0.4, 0.5) is 13.2 Å². The standard InChI is InChI=1S/C8H4BF3O/c9-7-3-6(8(10,11)12)2-1-5(7)4-13/h1-4H. The molecule has 0 saturated carbocycles. The Balaban J connectivity index is 3.17. The van der Waals surface area contributed by atoms with Crippen LogP contribution in [-0.2, 0) is 6.18 Å². The van der Waals surface area contributed by atoms with Gasteiger partial charge in [-0.1, -0.05) is 17.6 Å². The maximum atomic E-state index is 12.1. The summed E-state index contributed by atoms with van der Waals surface area (Å²) in [7, 11) is 5.20. The molecule has 2 radical (unpaired) electrons. The number of halogens is 3. The highest BCUT2D eigenvalue weighted by atomic mass is 19.4. The van der Waals surface area contributed by atoms with Crippen LogP contribution in [0.1, 0.15) is 15.9 Å². The van der Waals surface area contributed by atoms with E-state index in [-0.39, 0.29) is 11.0 Å². The second kappa shape index (κ2) is 3.24. The number of aldehydes is 1. The fraction of sp³-hybridized carbons (Fsp3) is 0.125. The minimum Gasteiger partial charge on any atom is -0.298 e. The van der Waals surface area contributed by atoms with E-state index in [2.05, 4.69) is 0 Å². The number of carbonyl (C=O) groups excluding carboxylic acids is 1. The quantitative estimate of drug-likeness (QED) is 0.475. The third-order valence-corrected chi connectivity index (χ3v) is 1.54. The Morgan fingerprint density at radius 2 is 1.92 bits per heavy atom. The van der Waals surface area contributed by atoms with Gasteiger partial charge in [0, 0.05) is 5.56 Å². The lowest BCUT2D eigenvalue weighted by Crippen LogP contribution is -2.15. The fourth-order valence-electron chi connectivity index (χ4n) is 0.858. The van der Waals surface area contributed by atoms with E-state index >= 15 is 0 Å². The largest absolute Gasteiger partial charge is 0.416 e. The smallest absolute Gasteiger partial charge is 0.298 e. The molecule has 0 aliphatic heterocycles. The molecule has 1 rings (SSSR count). The van der Waals surface area contributed by atoms with Crippen LogP contribution < -0.4 is 5.46 Å². The van der Waals surface area contributed by atoms with E-state index in [0.29, 0.717) is 6.29 Å². The maximum Gasteiger partial charge on any atom is 0.416 e. The first-order chi connectivity index (χ1) is 5.95. The minimum absolute atomic E-state index is 0.0630. The Labute approximate surface area is 74.0 Å². The van der Waals surface area contributed by atoms with Crippen molar-refractivity contribution in [2.24, 2.45) is 0 Å². The highest BCUT2D eigenvalue weighted by molar-refractivity contribution is 6.35. The van der Waals surface area contributed by atoms with Crippen LogP contribution in [0.3, 0.4) is 0 Å². The lowest BCUT2D eigenvalue weighted by Gasteiger charge is -2.08. The predicted octanol–water partition coefficient (Wildman–Crippen LogP) is 1.31. The van der Waals surface area contributed by atoms with Gasteiger partial charge in [-0.3, -0.25) is 4.79 Å². The molecule has 0 aromatic heterocycles. The first-order valence-corrected chi connectivity index (χ1v) is 3.37. The molecule has 13 heavy (non-hydrogen) atoms. The van der Waals surface area contributed by atoms with Crippen LogP contribution in [0.25, 0.3) is 0 Å². The van der Waals surface area contributed by atoms with Crippen LogP contribution in [0.5, 0.6) is 0 Å². The van der Waals surface area contributed by atoms with Crippen LogP contribution in [0.2, 0.25) is 0 Å². The molecule has 1 aromatic rings. The molecule has 0 fully saturated rings. The van der Waals surface area contributed by atoms with E-state index in [1.54, 1.807) is 0 Å². The molecule has 66 valence electrons. The Hall–Kier alpha value is -1.26. The monoisotopic (exact) mass is 184 g/mol. The van der Waals surface area contributed by atoms with Crippen molar-refractivity contribution in [3.63, 3.8) is 0 Å². The summed E-state index contributed by atoms with van der Waals surface area (Å²) in [5.41, 5.74) is -0.951. The number of carbonyl (C=O) groups is 1. The summed E-state index contributed by atoms with van der Waals surface area (Å²) in [6, 6.07) is 2.61. The van der Waals surface area contributed by atoms with Gasteiger partial charge in [0.2, 0.25) is 0 Å². The van der Waals surface area contributed by atoms with Crippen LogP contribution in [0, 0.1) is 0 Å². The van der Waals surface area contributed by atoms with E-state index in [1.165, 1.54) is 0 Å². The van der Waals surface area contributed by atoms with Crippen LogP contribution in [-0.4, -0.2) is 14.1 Å². The first kappa shape index (κ1) is 9.83. The normalized spacial score (nSPS) is 11.3. The number of hydrogen-bond acceptors (Lipinski definition) is 1. The summed E-state index contributed by atoms with van der Waals surface area (Å²) in [4.78, 5) is 10.2. The molecule has 1 aromatic carbocycles. The number of rotatable bonds is 1. The first-order valence-electron chi connectivity index (χ1n) is 3.37. The second-order valence-electron chi connectivity index (χ2n) is 2.46.